The van der Waals surface area contributed by atoms with E-state index in [2.05, 4.69) is 0 Å². The topological polar surface area (TPSA) is 35.2 Å². The molecule has 1 rings (SSSR count). The quantitative estimate of drug-likeness (QED) is 0.693. The Hall–Kier alpha value is -1.32. The van der Waals surface area contributed by atoms with Crippen molar-refractivity contribution in [3.8, 4) is 5.75 Å². The second kappa shape index (κ2) is 3.38. The zero-order valence-corrected chi connectivity index (χ0v) is 6.60. The van der Waals surface area contributed by atoms with Gasteiger partial charge in [-0.3, -0.25) is 0 Å². The van der Waals surface area contributed by atoms with Gasteiger partial charge in [-0.05, 0) is 6.92 Å². The number of nitrogens with two attached hydrogens (primary N) is 1. The molecule has 66 valence electrons. The summed E-state index contributed by atoms with van der Waals surface area (Å²) >= 11 is 0. The first-order valence-electron chi connectivity index (χ1n) is 3.52. The number of anilines is 1. The molecule has 0 fully saturated rings. The molecule has 0 saturated carbocycles. The zero-order chi connectivity index (χ0) is 9.14. The maximum Gasteiger partial charge on any atom is 0.162 e. The normalized spacial score (nSPS) is 9.92. The fourth-order valence-electron chi connectivity index (χ4n) is 0.824. The third kappa shape index (κ3) is 1.64. The summed E-state index contributed by atoms with van der Waals surface area (Å²) in [5.74, 6) is -1.74. The van der Waals surface area contributed by atoms with E-state index in [9.17, 15) is 8.78 Å². The molecule has 0 aliphatic heterocycles. The number of ether oxygens (including phenoxy) is 1. The molecule has 0 aliphatic rings. The van der Waals surface area contributed by atoms with Gasteiger partial charge in [0.05, 0.1) is 12.3 Å². The van der Waals surface area contributed by atoms with Crippen molar-refractivity contribution in [2.45, 2.75) is 6.92 Å². The van der Waals surface area contributed by atoms with Gasteiger partial charge in [0, 0.05) is 12.1 Å². The van der Waals surface area contributed by atoms with Crippen molar-refractivity contribution in [3.63, 3.8) is 0 Å². The molecule has 0 unspecified atom stereocenters. The lowest BCUT2D eigenvalue weighted by molar-refractivity contribution is 0.338. The summed E-state index contributed by atoms with van der Waals surface area (Å²) < 4.78 is 30.0. The number of benzene rings is 1. The van der Waals surface area contributed by atoms with Gasteiger partial charge in [0.15, 0.2) is 11.6 Å². The van der Waals surface area contributed by atoms with Gasteiger partial charge in [-0.1, -0.05) is 0 Å². The summed E-state index contributed by atoms with van der Waals surface area (Å²) in [5.41, 5.74) is 5.45. The molecule has 2 N–H and O–H groups in total. The van der Waals surface area contributed by atoms with Crippen molar-refractivity contribution in [1.29, 1.82) is 0 Å². The predicted molar refractivity (Wildman–Crippen MR) is 41.9 cm³/mol. The van der Waals surface area contributed by atoms with Gasteiger partial charge in [0.2, 0.25) is 0 Å². The highest BCUT2D eigenvalue weighted by atomic mass is 19.2. The maximum atomic E-state index is 12.6. The second-order valence-electron chi connectivity index (χ2n) is 2.24. The van der Waals surface area contributed by atoms with E-state index in [0.29, 0.717) is 6.61 Å². The molecule has 1 aromatic rings. The van der Waals surface area contributed by atoms with Gasteiger partial charge in [-0.25, -0.2) is 8.78 Å². The van der Waals surface area contributed by atoms with E-state index in [4.69, 9.17) is 10.5 Å². The second-order valence-corrected chi connectivity index (χ2v) is 2.24. The van der Waals surface area contributed by atoms with Crippen LogP contribution in [0.4, 0.5) is 14.5 Å². The van der Waals surface area contributed by atoms with Gasteiger partial charge in [0.1, 0.15) is 5.75 Å². The molecule has 0 saturated heterocycles. The lowest BCUT2D eigenvalue weighted by Gasteiger charge is -2.06. The lowest BCUT2D eigenvalue weighted by atomic mass is 10.3. The van der Waals surface area contributed by atoms with E-state index in [1.165, 1.54) is 0 Å². The van der Waals surface area contributed by atoms with Crippen LogP contribution in [0.5, 0.6) is 5.75 Å². The van der Waals surface area contributed by atoms with Crippen LogP contribution in [0.2, 0.25) is 0 Å². The third-order valence-corrected chi connectivity index (χ3v) is 1.35. The average molecular weight is 173 g/mol. The number of halogens is 2. The highest BCUT2D eigenvalue weighted by Crippen LogP contribution is 2.24. The van der Waals surface area contributed by atoms with Crippen LogP contribution < -0.4 is 10.5 Å². The maximum absolute atomic E-state index is 12.6. The standard InChI is InChI=1S/C8H9F2NO/c1-2-12-8-4-6(10)5(9)3-7(8)11/h3-4H,2,11H2,1H3. The largest absolute Gasteiger partial charge is 0.492 e. The number of nitrogen functional groups attached to an aromatic ring is 1. The Morgan fingerprint density at radius 1 is 1.33 bits per heavy atom. The van der Waals surface area contributed by atoms with E-state index >= 15 is 0 Å². The Morgan fingerprint density at radius 2 is 1.92 bits per heavy atom. The van der Waals surface area contributed by atoms with Gasteiger partial charge in [-0.2, -0.15) is 0 Å². The molecule has 2 nitrogen and oxygen atoms in total. The fraction of sp³-hybridized carbons (Fsp3) is 0.250. The summed E-state index contributed by atoms with van der Waals surface area (Å²) in [6, 6.07) is 1.84. The van der Waals surface area contributed by atoms with Crippen molar-refractivity contribution in [3.05, 3.63) is 23.8 Å². The summed E-state index contributed by atoms with van der Waals surface area (Å²) in [6.07, 6.45) is 0. The molecule has 12 heavy (non-hydrogen) atoms. The Balaban J connectivity index is 3.05. The van der Waals surface area contributed by atoms with E-state index in [-0.39, 0.29) is 11.4 Å². The molecule has 0 radical (unpaired) electrons. The molecule has 0 spiro atoms. The minimum Gasteiger partial charge on any atom is -0.492 e. The molecule has 0 amide bonds. The molecule has 0 atom stereocenters. The van der Waals surface area contributed by atoms with E-state index < -0.39 is 11.6 Å². The smallest absolute Gasteiger partial charge is 0.162 e. The minimum absolute atomic E-state index is 0.107. The van der Waals surface area contributed by atoms with Gasteiger partial charge in [-0.15, -0.1) is 0 Å². The van der Waals surface area contributed by atoms with Crippen LogP contribution in [0.1, 0.15) is 6.92 Å². The summed E-state index contributed by atoms with van der Waals surface area (Å²) in [5, 5.41) is 0. The molecular formula is C8H9F2NO. The summed E-state index contributed by atoms with van der Waals surface area (Å²) in [6.45, 7) is 2.11. The van der Waals surface area contributed by atoms with E-state index in [0.717, 1.165) is 12.1 Å². The van der Waals surface area contributed by atoms with Crippen LogP contribution in [0.15, 0.2) is 12.1 Å². The SMILES string of the molecule is CCOc1cc(F)c(F)cc1N. The molecule has 4 heteroatoms. The first kappa shape index (κ1) is 8.77. The molecular weight excluding hydrogens is 164 g/mol. The van der Waals surface area contributed by atoms with Crippen molar-refractivity contribution >= 4 is 5.69 Å². The van der Waals surface area contributed by atoms with E-state index in [1.807, 2.05) is 0 Å². The van der Waals surface area contributed by atoms with Crippen LogP contribution in [0, 0.1) is 11.6 Å². The first-order valence-corrected chi connectivity index (χ1v) is 3.52. The van der Waals surface area contributed by atoms with Crippen LogP contribution in [-0.4, -0.2) is 6.61 Å². The van der Waals surface area contributed by atoms with Crippen molar-refractivity contribution < 1.29 is 13.5 Å². The molecule has 0 bridgehead atoms. The Morgan fingerprint density at radius 3 is 2.50 bits per heavy atom. The Bertz CT molecular complexity index is 289. The Labute approximate surface area is 68.9 Å². The average Bonchev–Trinajstić information content (AvgIpc) is 2.01. The first-order chi connectivity index (χ1) is 5.65. The molecule has 0 aliphatic carbocycles. The van der Waals surface area contributed by atoms with Crippen LogP contribution in [0.25, 0.3) is 0 Å². The zero-order valence-electron chi connectivity index (χ0n) is 6.60. The van der Waals surface area contributed by atoms with Crippen LogP contribution >= 0.6 is 0 Å². The highest BCUT2D eigenvalue weighted by molar-refractivity contribution is 5.52. The van der Waals surface area contributed by atoms with Crippen molar-refractivity contribution in [2.24, 2.45) is 0 Å². The number of hydrogen-bond acceptors (Lipinski definition) is 2. The molecule has 0 heterocycles. The van der Waals surface area contributed by atoms with Gasteiger partial charge < -0.3 is 10.5 Å². The molecule has 0 aromatic heterocycles. The summed E-state index contributed by atoms with van der Waals surface area (Å²) in [4.78, 5) is 0. The third-order valence-electron chi connectivity index (χ3n) is 1.35. The highest BCUT2D eigenvalue weighted by Gasteiger charge is 2.07. The van der Waals surface area contributed by atoms with Crippen LogP contribution in [-0.2, 0) is 0 Å². The van der Waals surface area contributed by atoms with Crippen LogP contribution in [0.3, 0.4) is 0 Å². The monoisotopic (exact) mass is 173 g/mol. The van der Waals surface area contributed by atoms with Crippen molar-refractivity contribution in [1.82, 2.24) is 0 Å². The molecule has 1 aromatic carbocycles. The van der Waals surface area contributed by atoms with E-state index in [1.54, 1.807) is 6.92 Å². The number of rotatable bonds is 2. The minimum atomic E-state index is -0.962. The summed E-state index contributed by atoms with van der Waals surface area (Å²) in [7, 11) is 0. The Kier molecular flexibility index (Phi) is 2.47. The fourth-order valence-corrected chi connectivity index (χ4v) is 0.824. The lowest BCUT2D eigenvalue weighted by Crippen LogP contribution is -1.99. The number of hydrogen-bond donors (Lipinski definition) is 1. The van der Waals surface area contributed by atoms with Gasteiger partial charge in [0.25, 0.3) is 0 Å². The predicted octanol–water partition coefficient (Wildman–Crippen LogP) is 1.95. The van der Waals surface area contributed by atoms with Crippen molar-refractivity contribution in [2.75, 3.05) is 12.3 Å². The van der Waals surface area contributed by atoms with Gasteiger partial charge >= 0.3 is 0 Å².